The summed E-state index contributed by atoms with van der Waals surface area (Å²) in [7, 11) is -0.894. The predicted octanol–water partition coefficient (Wildman–Crippen LogP) is 4.88. The molecule has 0 saturated carbocycles. The first-order chi connectivity index (χ1) is 12.8. The van der Waals surface area contributed by atoms with E-state index in [1.807, 2.05) is 18.2 Å². The molecule has 1 aromatic carbocycles. The first-order valence-corrected chi connectivity index (χ1v) is 10.2. The van der Waals surface area contributed by atoms with Gasteiger partial charge in [-0.3, -0.25) is 0 Å². The van der Waals surface area contributed by atoms with Gasteiger partial charge in [0, 0.05) is 5.82 Å². The van der Waals surface area contributed by atoms with Crippen molar-refractivity contribution in [3.8, 4) is 0 Å². The van der Waals surface area contributed by atoms with Gasteiger partial charge in [-0.05, 0) is 72.8 Å². The smallest absolute Gasteiger partial charge is 0.403 e. The van der Waals surface area contributed by atoms with Crippen molar-refractivity contribution in [2.45, 2.75) is 90.0 Å². The Morgan fingerprint density at radius 2 is 1.21 bits per heavy atom. The lowest BCUT2D eigenvalue weighted by Gasteiger charge is -2.32. The van der Waals surface area contributed by atoms with E-state index >= 15 is 0 Å². The summed E-state index contributed by atoms with van der Waals surface area (Å²) in [6.45, 7) is 20.9. The van der Waals surface area contributed by atoms with Crippen molar-refractivity contribution in [3.05, 3.63) is 47.9 Å². The Balaban J connectivity index is 1.88. The third-order valence-electron chi connectivity index (χ3n) is 6.93. The van der Waals surface area contributed by atoms with E-state index < -0.39 is 36.6 Å². The number of hydrogen-bond donors (Lipinski definition) is 0. The summed E-state index contributed by atoms with van der Waals surface area (Å²) in [4.78, 5) is 0. The Morgan fingerprint density at radius 3 is 1.68 bits per heavy atom. The topological polar surface area (TPSA) is 36.9 Å². The summed E-state index contributed by atoms with van der Waals surface area (Å²) in [5.41, 5.74) is 0.453. The van der Waals surface area contributed by atoms with Crippen molar-refractivity contribution in [3.63, 3.8) is 0 Å². The van der Waals surface area contributed by atoms with Crippen molar-refractivity contribution < 1.29 is 18.6 Å². The molecule has 1 aromatic rings. The quantitative estimate of drug-likeness (QED) is 0.679. The molecule has 6 heteroatoms. The zero-order valence-corrected chi connectivity index (χ0v) is 18.7. The molecule has 3 rings (SSSR count). The highest BCUT2D eigenvalue weighted by Gasteiger charge is 2.58. The van der Waals surface area contributed by atoms with Crippen molar-refractivity contribution in [2.24, 2.45) is 0 Å². The van der Waals surface area contributed by atoms with Gasteiger partial charge in [0.25, 0.3) is 0 Å². The van der Waals surface area contributed by atoms with E-state index in [9.17, 15) is 0 Å². The molecule has 0 aliphatic carbocycles. The second-order valence-corrected chi connectivity index (χ2v) is 10.1. The lowest BCUT2D eigenvalue weighted by Crippen LogP contribution is -2.41. The van der Waals surface area contributed by atoms with E-state index in [0.717, 1.165) is 11.9 Å². The molecule has 0 amide bonds. The molecule has 0 N–H and O–H groups in total. The van der Waals surface area contributed by atoms with Crippen molar-refractivity contribution in [1.82, 2.24) is 0 Å². The third kappa shape index (κ3) is 3.85. The largest absolute Gasteiger partial charge is 0.489 e. The maximum absolute atomic E-state index is 6.39. The minimum Gasteiger partial charge on any atom is -0.403 e. The summed E-state index contributed by atoms with van der Waals surface area (Å²) < 4.78 is 25.3. The second kappa shape index (κ2) is 7.02. The van der Waals surface area contributed by atoms with Gasteiger partial charge in [-0.15, -0.1) is 6.58 Å². The molecule has 0 radical (unpaired) electrons. The Bertz CT molecular complexity index is 695. The maximum atomic E-state index is 6.39. The van der Waals surface area contributed by atoms with Crippen LogP contribution in [0.15, 0.2) is 42.4 Å². The van der Waals surface area contributed by atoms with Gasteiger partial charge < -0.3 is 18.6 Å². The molecule has 152 valence electrons. The molecular formula is C22H34B2O4. The van der Waals surface area contributed by atoms with Crippen LogP contribution < -0.4 is 0 Å². The van der Waals surface area contributed by atoms with Gasteiger partial charge in [0.05, 0.1) is 22.4 Å². The van der Waals surface area contributed by atoms with Crippen molar-refractivity contribution in [1.29, 1.82) is 0 Å². The summed E-state index contributed by atoms with van der Waals surface area (Å²) in [5, 5.41) is 0. The van der Waals surface area contributed by atoms with Crippen LogP contribution in [0.25, 0.3) is 0 Å². The average molecular weight is 384 g/mol. The molecule has 2 fully saturated rings. The first kappa shape index (κ1) is 21.6. The van der Waals surface area contributed by atoms with Crippen LogP contribution in [0.2, 0.25) is 5.82 Å². The fourth-order valence-corrected chi connectivity index (χ4v) is 3.49. The van der Waals surface area contributed by atoms with E-state index in [1.54, 1.807) is 0 Å². The number of allylic oxidation sites excluding steroid dienone is 1. The van der Waals surface area contributed by atoms with Crippen LogP contribution in [0, 0.1) is 0 Å². The first-order valence-electron chi connectivity index (χ1n) is 10.2. The van der Waals surface area contributed by atoms with E-state index in [1.165, 1.54) is 5.56 Å². The maximum Gasteiger partial charge on any atom is 0.489 e. The molecule has 1 atom stereocenters. The highest BCUT2D eigenvalue weighted by atomic mass is 16.7. The standard InChI is InChI=1S/C22H34B2O4/c1-16(23-25-19(2,3)20(4,5)26-23)18(15-17-13-11-10-12-14-17)24-27-21(6,7)22(8,9)28-24/h10-14,18H,1,15H2,2-9H3/t18-/m1/s1. The zero-order valence-electron chi connectivity index (χ0n) is 18.7. The summed E-state index contributed by atoms with van der Waals surface area (Å²) >= 11 is 0. The molecule has 0 bridgehead atoms. The Labute approximate surface area is 171 Å². The lowest BCUT2D eigenvalue weighted by molar-refractivity contribution is 0.00578. The zero-order chi connectivity index (χ0) is 21.0. The van der Waals surface area contributed by atoms with Gasteiger partial charge >= 0.3 is 14.2 Å². The Kier molecular flexibility index (Phi) is 5.42. The molecule has 2 aliphatic rings. The minimum absolute atomic E-state index is 0.0850. The molecular weight excluding hydrogens is 350 g/mol. The van der Waals surface area contributed by atoms with Gasteiger partial charge in [-0.2, -0.15) is 0 Å². The molecule has 2 saturated heterocycles. The van der Waals surface area contributed by atoms with Crippen molar-refractivity contribution in [2.75, 3.05) is 0 Å². The van der Waals surface area contributed by atoms with Gasteiger partial charge in [0.2, 0.25) is 0 Å². The van der Waals surface area contributed by atoms with Gasteiger partial charge in [-0.1, -0.05) is 30.3 Å². The highest BCUT2D eigenvalue weighted by molar-refractivity contribution is 6.60. The lowest BCUT2D eigenvalue weighted by atomic mass is 9.56. The van der Waals surface area contributed by atoms with E-state index in [2.05, 4.69) is 74.1 Å². The van der Waals surface area contributed by atoms with E-state index in [4.69, 9.17) is 18.6 Å². The number of hydrogen-bond acceptors (Lipinski definition) is 4. The fraction of sp³-hybridized carbons (Fsp3) is 0.636. The van der Waals surface area contributed by atoms with Gasteiger partial charge in [0.1, 0.15) is 0 Å². The summed E-state index contributed by atoms with van der Waals surface area (Å²) in [5.74, 6) is -0.0850. The van der Waals surface area contributed by atoms with Crippen LogP contribution >= 0.6 is 0 Å². The summed E-state index contributed by atoms with van der Waals surface area (Å²) in [6, 6.07) is 10.4. The fourth-order valence-electron chi connectivity index (χ4n) is 3.49. The third-order valence-corrected chi connectivity index (χ3v) is 6.93. The van der Waals surface area contributed by atoms with Gasteiger partial charge in [-0.25, -0.2) is 0 Å². The minimum atomic E-state index is -0.488. The molecule has 2 aliphatic heterocycles. The molecule has 0 spiro atoms. The Hall–Kier alpha value is -1.07. The van der Waals surface area contributed by atoms with Crippen LogP contribution in [0.4, 0.5) is 0 Å². The summed E-state index contributed by atoms with van der Waals surface area (Å²) in [6.07, 6.45) is 0.751. The average Bonchev–Trinajstić information content (AvgIpc) is 2.92. The van der Waals surface area contributed by atoms with Gasteiger partial charge in [0.15, 0.2) is 0 Å². The van der Waals surface area contributed by atoms with Crippen molar-refractivity contribution >= 4 is 14.2 Å². The van der Waals surface area contributed by atoms with Crippen LogP contribution in [0.3, 0.4) is 0 Å². The van der Waals surface area contributed by atoms with Crippen LogP contribution in [0.1, 0.15) is 61.0 Å². The predicted molar refractivity (Wildman–Crippen MR) is 115 cm³/mol. The molecule has 28 heavy (non-hydrogen) atoms. The SMILES string of the molecule is C=C(B1OC(C)(C)C(C)(C)O1)[C@@H](Cc1ccccc1)B1OC(C)(C)C(C)(C)O1. The second-order valence-electron chi connectivity index (χ2n) is 10.1. The van der Waals surface area contributed by atoms with E-state index in [0.29, 0.717) is 0 Å². The number of benzene rings is 1. The Morgan fingerprint density at radius 1 is 0.786 bits per heavy atom. The molecule has 0 aromatic heterocycles. The normalized spacial score (nSPS) is 25.7. The van der Waals surface area contributed by atoms with Crippen LogP contribution in [0.5, 0.6) is 0 Å². The molecule has 2 heterocycles. The van der Waals surface area contributed by atoms with Crippen LogP contribution in [-0.2, 0) is 25.0 Å². The molecule has 4 nitrogen and oxygen atoms in total. The number of rotatable bonds is 5. The molecule has 0 unspecified atom stereocenters. The highest BCUT2D eigenvalue weighted by Crippen LogP contribution is 2.46. The monoisotopic (exact) mass is 384 g/mol. The van der Waals surface area contributed by atoms with Crippen LogP contribution in [-0.4, -0.2) is 36.6 Å². The van der Waals surface area contributed by atoms with E-state index in [-0.39, 0.29) is 5.82 Å².